The molecule has 4 aromatic carbocycles. The predicted molar refractivity (Wildman–Crippen MR) is 234 cm³/mol. The van der Waals surface area contributed by atoms with Crippen molar-refractivity contribution in [1.82, 2.24) is 0 Å². The molecule has 4 atom stereocenters. The third kappa shape index (κ3) is 23.9. The molecule has 0 saturated heterocycles. The van der Waals surface area contributed by atoms with E-state index in [1.54, 1.807) is 27.7 Å². The number of carboxylic acids is 4. The minimum atomic E-state index is -1.02. The summed E-state index contributed by atoms with van der Waals surface area (Å²) in [6.07, 6.45) is 4.11. The molecule has 0 aliphatic carbocycles. The van der Waals surface area contributed by atoms with Crippen LogP contribution in [0.25, 0.3) is 0 Å². The molecule has 8 nitrogen and oxygen atoms in total. The molecule has 0 heterocycles. The third-order valence-electron chi connectivity index (χ3n) is 9.91. The van der Waals surface area contributed by atoms with Crippen molar-refractivity contribution in [2.24, 2.45) is 23.7 Å². The quantitative estimate of drug-likeness (QED) is 0.109. The summed E-state index contributed by atoms with van der Waals surface area (Å²) < 4.78 is 0. The molecule has 0 spiro atoms. The monoisotopic (exact) mass is 946 g/mol. The number of carbonyl (C=O) groups is 4. The van der Waals surface area contributed by atoms with Crippen LogP contribution in [-0.2, 0) is 79.0 Å². The van der Waals surface area contributed by atoms with Crippen molar-refractivity contribution in [3.63, 3.8) is 0 Å². The molecule has 0 N–H and O–H groups in total. The van der Waals surface area contributed by atoms with E-state index >= 15 is 0 Å². The van der Waals surface area contributed by atoms with E-state index < -0.39 is 47.5 Å². The van der Waals surface area contributed by atoms with Gasteiger partial charge in [0.25, 0.3) is 0 Å². The van der Waals surface area contributed by atoms with E-state index in [1.807, 2.05) is 97.1 Å². The van der Waals surface area contributed by atoms with E-state index in [-0.39, 0.29) is 34.1 Å². The molecule has 0 amide bonds. The van der Waals surface area contributed by atoms with Gasteiger partial charge in [0.1, 0.15) is 0 Å². The molecule has 10 heteroatoms. The van der Waals surface area contributed by atoms with Gasteiger partial charge in [0.2, 0.25) is 0 Å². The zero-order valence-corrected chi connectivity index (χ0v) is 40.4. The van der Waals surface area contributed by atoms with Crippen molar-refractivity contribution in [3.8, 4) is 0 Å². The summed E-state index contributed by atoms with van der Waals surface area (Å²) >= 11 is 0. The van der Waals surface area contributed by atoms with Crippen molar-refractivity contribution in [2.45, 2.75) is 132 Å². The Morgan fingerprint density at radius 1 is 0.306 bits per heavy atom. The topological polar surface area (TPSA) is 161 Å². The normalized spacial score (nSPS) is 12.4. The van der Waals surface area contributed by atoms with Crippen molar-refractivity contribution >= 4 is 23.9 Å². The van der Waals surface area contributed by atoms with Crippen LogP contribution in [-0.4, -0.2) is 23.9 Å². The van der Waals surface area contributed by atoms with E-state index in [1.165, 1.54) is 22.3 Å². The van der Waals surface area contributed by atoms with Crippen molar-refractivity contribution in [1.29, 1.82) is 0 Å². The van der Waals surface area contributed by atoms with Crippen LogP contribution in [0, 0.1) is 23.7 Å². The maximum absolute atomic E-state index is 10.7. The fourth-order valence-corrected chi connectivity index (χ4v) is 6.20. The molecule has 4 aromatic rings. The van der Waals surface area contributed by atoms with Crippen LogP contribution >= 0.6 is 0 Å². The molecule has 62 heavy (non-hydrogen) atoms. The fraction of sp³-hybridized carbons (Fsp3) is 0.462. The molecule has 0 aliphatic rings. The second-order valence-electron chi connectivity index (χ2n) is 17.5. The summed E-state index contributed by atoms with van der Waals surface area (Å²) in [7, 11) is 0. The van der Waals surface area contributed by atoms with Gasteiger partial charge in [-0.3, -0.25) is 0 Å². The van der Waals surface area contributed by atoms with Gasteiger partial charge in [0.15, 0.2) is 0 Å². The SMILES string of the molecule is CC(C)Cc1ccc(C(C)C(=O)[O-])cc1.CC(C)Cc1ccc(C(C)C(=O)[O-])cc1.CC(C)Cc1ccc(C(C)C(=O)[O-])cc1.CC(C)Cc1ccc(C(C)C(=O)[O-])cc1.[Cu+2].[Cu+2]. The van der Waals surface area contributed by atoms with Crippen LogP contribution in [0.2, 0.25) is 0 Å². The van der Waals surface area contributed by atoms with Crippen molar-refractivity contribution in [2.75, 3.05) is 0 Å². The number of carboxylic acid groups (broad SMARTS) is 4. The first-order valence-corrected chi connectivity index (χ1v) is 21.2. The minimum Gasteiger partial charge on any atom is -0.550 e. The number of hydrogen-bond acceptors (Lipinski definition) is 8. The van der Waals surface area contributed by atoms with Crippen LogP contribution in [0.4, 0.5) is 0 Å². The summed E-state index contributed by atoms with van der Waals surface area (Å²) in [5.74, 6) is -3.73. The van der Waals surface area contributed by atoms with E-state index in [2.05, 4.69) is 55.4 Å². The summed E-state index contributed by atoms with van der Waals surface area (Å²) in [6, 6.07) is 30.9. The zero-order valence-electron chi connectivity index (χ0n) is 38.6. The Bertz CT molecular complexity index is 1590. The van der Waals surface area contributed by atoms with Crippen LogP contribution in [0.5, 0.6) is 0 Å². The summed E-state index contributed by atoms with van der Waals surface area (Å²) in [4.78, 5) is 42.6. The number of rotatable bonds is 16. The van der Waals surface area contributed by atoms with Gasteiger partial charge in [-0.05, 0) is 93.9 Å². The molecule has 0 fully saturated rings. The summed E-state index contributed by atoms with van der Waals surface area (Å²) in [5.41, 5.74) is 8.23. The average molecular weight is 948 g/mol. The first-order chi connectivity index (χ1) is 28.0. The Labute approximate surface area is 393 Å². The molecular weight excluding hydrogens is 880 g/mol. The zero-order chi connectivity index (χ0) is 45.7. The third-order valence-corrected chi connectivity index (χ3v) is 9.91. The van der Waals surface area contributed by atoms with Gasteiger partial charge in [-0.25, -0.2) is 0 Å². The Kier molecular flexibility index (Phi) is 29.7. The van der Waals surface area contributed by atoms with Crippen LogP contribution in [0.3, 0.4) is 0 Å². The fourth-order valence-electron chi connectivity index (χ4n) is 6.20. The van der Waals surface area contributed by atoms with Gasteiger partial charge in [0.05, 0.1) is 0 Å². The molecule has 0 bridgehead atoms. The molecule has 0 aromatic heterocycles. The molecule has 346 valence electrons. The summed E-state index contributed by atoms with van der Waals surface area (Å²) in [5, 5.41) is 42.6. The second-order valence-corrected chi connectivity index (χ2v) is 17.5. The average Bonchev–Trinajstić information content (AvgIpc) is 3.17. The van der Waals surface area contributed by atoms with E-state index in [4.69, 9.17) is 0 Å². The minimum absolute atomic E-state index is 0. The van der Waals surface area contributed by atoms with Gasteiger partial charge in [0, 0.05) is 47.5 Å². The van der Waals surface area contributed by atoms with Gasteiger partial charge in [-0.15, -0.1) is 0 Å². The Balaban J connectivity index is 0. The number of hydrogen-bond donors (Lipinski definition) is 0. The van der Waals surface area contributed by atoms with Crippen LogP contribution in [0.1, 0.15) is 151 Å². The Morgan fingerprint density at radius 2 is 0.435 bits per heavy atom. The predicted octanol–water partition coefficient (Wildman–Crippen LogP) is 6.95. The van der Waals surface area contributed by atoms with Crippen molar-refractivity contribution in [3.05, 3.63) is 142 Å². The van der Waals surface area contributed by atoms with E-state index in [9.17, 15) is 39.6 Å². The van der Waals surface area contributed by atoms with E-state index in [0.717, 1.165) is 47.9 Å². The molecule has 0 saturated carbocycles. The van der Waals surface area contributed by atoms with Gasteiger partial charge in [-0.1, -0.05) is 180 Å². The van der Waals surface area contributed by atoms with E-state index in [0.29, 0.717) is 23.7 Å². The molecule has 0 aliphatic heterocycles. The smallest absolute Gasteiger partial charge is 0.550 e. The molecule has 4 rings (SSSR count). The van der Waals surface area contributed by atoms with Gasteiger partial charge < -0.3 is 39.6 Å². The Morgan fingerprint density at radius 3 is 0.532 bits per heavy atom. The maximum atomic E-state index is 10.7. The van der Waals surface area contributed by atoms with Crippen LogP contribution < -0.4 is 20.4 Å². The Hall–Kier alpha value is -4.20. The first-order valence-electron chi connectivity index (χ1n) is 21.2. The van der Waals surface area contributed by atoms with Crippen molar-refractivity contribution < 1.29 is 73.7 Å². The number of carbonyl (C=O) groups excluding carboxylic acids is 4. The maximum Gasteiger partial charge on any atom is 2.00 e. The summed E-state index contributed by atoms with van der Waals surface area (Å²) in [6.45, 7) is 23.9. The van der Waals surface area contributed by atoms with Gasteiger partial charge >= 0.3 is 34.1 Å². The second kappa shape index (κ2) is 30.8. The van der Waals surface area contributed by atoms with Crippen LogP contribution in [0.15, 0.2) is 97.1 Å². The number of aliphatic carboxylic acids is 4. The standard InChI is InChI=1S/4C13H18O2.2Cu/c4*1-9(2)8-11-4-6-12(7-5-11)10(3)13(14)15;;/h4*4-7,9-10H,8H2,1-3H3,(H,14,15);;/q;;;;2*+2/p-4. The molecular formula is C52H68Cu2O8. The molecule has 2 radical (unpaired) electrons. The number of benzene rings is 4. The first kappa shape index (κ1) is 59.9. The largest absolute Gasteiger partial charge is 2.00 e. The molecule has 4 unspecified atom stereocenters. The van der Waals surface area contributed by atoms with Gasteiger partial charge in [-0.2, -0.15) is 0 Å².